The predicted octanol–water partition coefficient (Wildman–Crippen LogP) is 4.78. The molecule has 0 saturated heterocycles. The number of carbonyl (C=O) groups is 1. The van der Waals surface area contributed by atoms with E-state index in [1.165, 1.54) is 31.4 Å². The van der Waals surface area contributed by atoms with E-state index in [1.807, 2.05) is 6.07 Å². The highest BCUT2D eigenvalue weighted by Gasteiger charge is 2.13. The number of hydrogen-bond donors (Lipinski definition) is 0. The molecule has 0 aliphatic carbocycles. The van der Waals surface area contributed by atoms with Gasteiger partial charge in [0.25, 0.3) is 5.76 Å². The van der Waals surface area contributed by atoms with Crippen LogP contribution in [0.2, 0.25) is 0 Å². The summed E-state index contributed by atoms with van der Waals surface area (Å²) >= 11 is 0.366. The van der Waals surface area contributed by atoms with Crippen LogP contribution in [0.4, 0.5) is 8.78 Å². The van der Waals surface area contributed by atoms with E-state index < -0.39 is 5.76 Å². The number of rotatable bonds is 6. The number of ether oxygens (including phenoxy) is 1. The van der Waals surface area contributed by atoms with Gasteiger partial charge in [-0.3, -0.25) is 4.79 Å². The highest BCUT2D eigenvalue weighted by molar-refractivity contribution is 7.99. The molecule has 2 rings (SSSR count). The number of nitriles is 1. The van der Waals surface area contributed by atoms with Gasteiger partial charge in [0.2, 0.25) is 0 Å². The van der Waals surface area contributed by atoms with Crippen molar-refractivity contribution in [1.82, 2.24) is 0 Å². The largest absolute Gasteiger partial charge is 0.496 e. The fraction of sp³-hybridized carbons (Fsp3) is 0.111. The molecule has 0 aromatic heterocycles. The van der Waals surface area contributed by atoms with Crippen molar-refractivity contribution in [3.05, 3.63) is 65.2 Å². The number of hydrogen-bond acceptors (Lipinski definition) is 4. The predicted molar refractivity (Wildman–Crippen MR) is 89.4 cm³/mol. The minimum atomic E-state index is -2.56. The molecule has 0 atom stereocenters. The summed E-state index contributed by atoms with van der Waals surface area (Å²) in [5.41, 5.74) is 1.55. The van der Waals surface area contributed by atoms with Gasteiger partial charge in [-0.1, -0.05) is 30.0 Å². The van der Waals surface area contributed by atoms with Crippen molar-refractivity contribution >= 4 is 23.6 Å². The highest BCUT2D eigenvalue weighted by Crippen LogP contribution is 2.34. The van der Waals surface area contributed by atoms with Crippen molar-refractivity contribution in [2.24, 2.45) is 0 Å². The molecule has 0 bridgehead atoms. The van der Waals surface area contributed by atoms with Crippen molar-refractivity contribution in [3.63, 3.8) is 0 Å². The Hall–Kier alpha value is -2.65. The first-order valence-corrected chi connectivity index (χ1v) is 7.77. The number of alkyl halides is 2. The molecule has 6 heteroatoms. The van der Waals surface area contributed by atoms with Crippen LogP contribution in [0.1, 0.15) is 21.5 Å². The maximum Gasteiger partial charge on any atom is 0.289 e. The standard InChI is InChI=1S/C18H13F2NO2S/c1-23-16-10-14(6-8-17(16)24-18(19)20)15(22)7-5-12-3-2-4-13(9-12)11-21/h2-10,18H,1H3/b7-5+. The van der Waals surface area contributed by atoms with Crippen molar-refractivity contribution in [1.29, 1.82) is 5.26 Å². The third-order valence-corrected chi connectivity index (χ3v) is 3.88. The Bertz CT molecular complexity index is 813. The first kappa shape index (κ1) is 17.7. The molecule has 3 nitrogen and oxygen atoms in total. The van der Waals surface area contributed by atoms with Gasteiger partial charge in [0.05, 0.1) is 23.6 Å². The molecule has 2 aromatic rings. The van der Waals surface area contributed by atoms with E-state index in [-0.39, 0.29) is 16.4 Å². The van der Waals surface area contributed by atoms with Crippen molar-refractivity contribution < 1.29 is 18.3 Å². The van der Waals surface area contributed by atoms with Gasteiger partial charge in [0, 0.05) is 5.56 Å². The number of nitrogens with zero attached hydrogens (tertiary/aromatic N) is 1. The van der Waals surface area contributed by atoms with E-state index in [4.69, 9.17) is 10.00 Å². The topological polar surface area (TPSA) is 50.1 Å². The monoisotopic (exact) mass is 345 g/mol. The Morgan fingerprint density at radius 2 is 2.08 bits per heavy atom. The molecule has 0 spiro atoms. The Balaban J connectivity index is 2.20. The molecule has 0 heterocycles. The summed E-state index contributed by atoms with van der Waals surface area (Å²) in [6, 6.07) is 13.2. The zero-order chi connectivity index (χ0) is 17.5. The van der Waals surface area contributed by atoms with E-state index in [9.17, 15) is 13.6 Å². The van der Waals surface area contributed by atoms with Crippen molar-refractivity contribution in [2.45, 2.75) is 10.7 Å². The summed E-state index contributed by atoms with van der Waals surface area (Å²) in [6.07, 6.45) is 2.96. The molecule has 122 valence electrons. The van der Waals surface area contributed by atoms with Crippen LogP contribution in [0.25, 0.3) is 6.08 Å². The van der Waals surface area contributed by atoms with Gasteiger partial charge in [0.15, 0.2) is 5.78 Å². The summed E-state index contributed by atoms with van der Waals surface area (Å²) in [7, 11) is 1.36. The van der Waals surface area contributed by atoms with Gasteiger partial charge in [-0.05, 0) is 42.0 Å². The Morgan fingerprint density at radius 3 is 2.75 bits per heavy atom. The van der Waals surface area contributed by atoms with Gasteiger partial charge in [-0.2, -0.15) is 14.0 Å². The van der Waals surface area contributed by atoms with E-state index >= 15 is 0 Å². The molecule has 0 saturated carbocycles. The third-order valence-electron chi connectivity index (χ3n) is 3.11. The Kier molecular flexibility index (Phi) is 6.10. The quantitative estimate of drug-likeness (QED) is 0.430. The van der Waals surface area contributed by atoms with E-state index in [0.29, 0.717) is 22.9 Å². The lowest BCUT2D eigenvalue weighted by Gasteiger charge is -2.08. The van der Waals surface area contributed by atoms with Gasteiger partial charge in [-0.15, -0.1) is 0 Å². The van der Waals surface area contributed by atoms with E-state index in [2.05, 4.69) is 0 Å². The third kappa shape index (κ3) is 4.67. The second-order valence-electron chi connectivity index (χ2n) is 4.68. The van der Waals surface area contributed by atoms with Gasteiger partial charge in [-0.25, -0.2) is 0 Å². The minimum Gasteiger partial charge on any atom is -0.496 e. The van der Waals surface area contributed by atoms with Crippen LogP contribution in [0.3, 0.4) is 0 Å². The average Bonchev–Trinajstić information content (AvgIpc) is 2.59. The normalized spacial score (nSPS) is 10.8. The SMILES string of the molecule is COc1cc(C(=O)/C=C/c2cccc(C#N)c2)ccc1SC(F)F. The number of benzene rings is 2. The first-order chi connectivity index (χ1) is 11.5. The molecule has 0 unspecified atom stereocenters. The lowest BCUT2D eigenvalue weighted by molar-refractivity contribution is 0.104. The highest BCUT2D eigenvalue weighted by atomic mass is 32.2. The molecule has 0 N–H and O–H groups in total. The van der Waals surface area contributed by atoms with Gasteiger partial charge >= 0.3 is 0 Å². The van der Waals surface area contributed by atoms with Crippen LogP contribution in [0.15, 0.2) is 53.4 Å². The molecule has 0 fully saturated rings. The number of allylic oxidation sites excluding steroid dienone is 1. The van der Waals surface area contributed by atoms with Crippen LogP contribution in [0, 0.1) is 11.3 Å². The average molecular weight is 345 g/mol. The number of methoxy groups -OCH3 is 1. The molecule has 2 aromatic carbocycles. The van der Waals surface area contributed by atoms with Crippen LogP contribution < -0.4 is 4.74 Å². The summed E-state index contributed by atoms with van der Waals surface area (Å²) in [4.78, 5) is 12.5. The van der Waals surface area contributed by atoms with Crippen LogP contribution in [-0.2, 0) is 0 Å². The number of ketones is 1. The summed E-state index contributed by atoms with van der Waals surface area (Å²) in [5.74, 6) is -2.62. The smallest absolute Gasteiger partial charge is 0.289 e. The van der Waals surface area contributed by atoms with Gasteiger partial charge < -0.3 is 4.74 Å². The maximum atomic E-state index is 12.5. The molecule has 0 radical (unpaired) electrons. The molecule has 0 aliphatic heterocycles. The maximum absolute atomic E-state index is 12.5. The van der Waals surface area contributed by atoms with Crippen LogP contribution in [-0.4, -0.2) is 18.7 Å². The fourth-order valence-corrected chi connectivity index (χ4v) is 2.59. The molecule has 0 aliphatic rings. The lowest BCUT2D eigenvalue weighted by Crippen LogP contribution is -1.97. The number of halogens is 2. The Labute approximate surface area is 142 Å². The number of carbonyl (C=O) groups excluding carboxylic acids is 1. The fourth-order valence-electron chi connectivity index (χ4n) is 1.99. The molecular formula is C18H13F2NO2S. The van der Waals surface area contributed by atoms with Crippen molar-refractivity contribution in [2.75, 3.05) is 7.11 Å². The second kappa shape index (κ2) is 8.27. The van der Waals surface area contributed by atoms with E-state index in [1.54, 1.807) is 30.3 Å². The van der Waals surface area contributed by atoms with Crippen molar-refractivity contribution in [3.8, 4) is 11.8 Å². The van der Waals surface area contributed by atoms with Crippen LogP contribution in [0.5, 0.6) is 5.75 Å². The molecule has 24 heavy (non-hydrogen) atoms. The Morgan fingerprint density at radius 1 is 1.29 bits per heavy atom. The van der Waals surface area contributed by atoms with Crippen LogP contribution >= 0.6 is 11.8 Å². The summed E-state index contributed by atoms with van der Waals surface area (Å²) in [6.45, 7) is 0. The zero-order valence-electron chi connectivity index (χ0n) is 12.7. The lowest BCUT2D eigenvalue weighted by atomic mass is 10.1. The summed E-state index contributed by atoms with van der Waals surface area (Å²) in [5, 5.41) is 8.85. The second-order valence-corrected chi connectivity index (χ2v) is 5.71. The first-order valence-electron chi connectivity index (χ1n) is 6.89. The zero-order valence-corrected chi connectivity index (χ0v) is 13.5. The summed E-state index contributed by atoms with van der Waals surface area (Å²) < 4.78 is 30.0. The van der Waals surface area contributed by atoms with Gasteiger partial charge in [0.1, 0.15) is 5.75 Å². The minimum absolute atomic E-state index is 0.228. The molecular weight excluding hydrogens is 332 g/mol. The molecule has 0 amide bonds. The van der Waals surface area contributed by atoms with E-state index in [0.717, 1.165) is 5.56 Å². The number of thioether (sulfide) groups is 1.